The van der Waals surface area contributed by atoms with E-state index < -0.39 is 36.2 Å². The number of amides is 6. The molecule has 1 aromatic rings. The molecule has 9 nitrogen and oxygen atoms in total. The second-order valence-corrected chi connectivity index (χ2v) is 5.85. The summed E-state index contributed by atoms with van der Waals surface area (Å²) in [5.74, 6) is -3.14. The zero-order valence-electron chi connectivity index (χ0n) is 12.6. The summed E-state index contributed by atoms with van der Waals surface area (Å²) in [5.41, 5.74) is 5.50. The van der Waals surface area contributed by atoms with Crippen LogP contribution in [0.1, 0.15) is 0 Å². The van der Waals surface area contributed by atoms with Crippen LogP contribution in [0.4, 0.5) is 10.5 Å². The Morgan fingerprint density at radius 1 is 1.17 bits per heavy atom. The number of nitrogens with zero attached hydrogens (tertiary/aromatic N) is 2. The molecule has 10 heteroatoms. The Morgan fingerprint density at radius 3 is 2.42 bits per heavy atom. The van der Waals surface area contributed by atoms with Crippen LogP contribution in [0, 0.1) is 0 Å². The summed E-state index contributed by atoms with van der Waals surface area (Å²) < 4.78 is 0. The molecule has 1 aliphatic rings. The van der Waals surface area contributed by atoms with Gasteiger partial charge in [0.2, 0.25) is 11.8 Å². The Kier molecular flexibility index (Phi) is 5.19. The zero-order chi connectivity index (χ0) is 17.9. The lowest BCUT2D eigenvalue weighted by Gasteiger charge is -2.14. The number of likely N-dealkylation sites (N-methyl/N-ethyl adjacent to an activating group) is 1. The van der Waals surface area contributed by atoms with Crippen LogP contribution in [0.3, 0.4) is 0 Å². The van der Waals surface area contributed by atoms with E-state index in [2.05, 4.69) is 5.32 Å². The van der Waals surface area contributed by atoms with Crippen LogP contribution < -0.4 is 11.1 Å². The highest BCUT2D eigenvalue weighted by atomic mass is 32.2. The predicted octanol–water partition coefficient (Wildman–Crippen LogP) is -0.377. The SMILES string of the molecule is CN1C(=O)C(=O)N(CC(=O)Nc2ccccc2SCC(N)=O)C1=O. The van der Waals surface area contributed by atoms with E-state index in [0.717, 1.165) is 18.8 Å². The van der Waals surface area contributed by atoms with Crippen LogP contribution in [0.15, 0.2) is 29.2 Å². The van der Waals surface area contributed by atoms with Gasteiger partial charge in [0.25, 0.3) is 0 Å². The van der Waals surface area contributed by atoms with Gasteiger partial charge in [0.1, 0.15) is 6.54 Å². The molecule has 0 bridgehead atoms. The Balaban J connectivity index is 2.05. The van der Waals surface area contributed by atoms with Crippen molar-refractivity contribution in [2.45, 2.75) is 4.90 Å². The monoisotopic (exact) mass is 350 g/mol. The topological polar surface area (TPSA) is 130 Å². The molecule has 126 valence electrons. The van der Waals surface area contributed by atoms with Crippen molar-refractivity contribution in [3.8, 4) is 0 Å². The van der Waals surface area contributed by atoms with E-state index in [9.17, 15) is 24.0 Å². The van der Waals surface area contributed by atoms with Crippen LogP contribution in [0.2, 0.25) is 0 Å². The van der Waals surface area contributed by atoms with Crippen LogP contribution in [-0.4, -0.2) is 58.8 Å². The van der Waals surface area contributed by atoms with Gasteiger partial charge in [-0.3, -0.25) is 24.1 Å². The highest BCUT2D eigenvalue weighted by molar-refractivity contribution is 8.00. The van der Waals surface area contributed by atoms with Crippen molar-refractivity contribution >= 4 is 47.1 Å². The highest BCUT2D eigenvalue weighted by Gasteiger charge is 2.42. The van der Waals surface area contributed by atoms with Crippen LogP contribution in [0.5, 0.6) is 0 Å². The quantitative estimate of drug-likeness (QED) is 0.409. The van der Waals surface area contributed by atoms with Crippen LogP contribution >= 0.6 is 11.8 Å². The summed E-state index contributed by atoms with van der Waals surface area (Å²) in [7, 11) is 1.16. The molecule has 0 aliphatic carbocycles. The fraction of sp³-hybridized carbons (Fsp3) is 0.214. The predicted molar refractivity (Wildman–Crippen MR) is 84.9 cm³/mol. The Hall–Kier alpha value is -2.88. The molecule has 24 heavy (non-hydrogen) atoms. The second kappa shape index (κ2) is 7.13. The molecule has 0 unspecified atom stereocenters. The molecule has 0 aromatic heterocycles. The van der Waals surface area contributed by atoms with Gasteiger partial charge in [-0.25, -0.2) is 9.69 Å². The number of carbonyl (C=O) groups excluding carboxylic acids is 5. The molecule has 0 spiro atoms. The number of benzene rings is 1. The maximum Gasteiger partial charge on any atom is 0.334 e. The standard InChI is InChI=1S/C14H14N4O5S/c1-17-12(21)13(22)18(14(17)23)6-11(20)16-8-4-2-3-5-9(8)24-7-10(15)19/h2-5H,6-7H2,1H3,(H2,15,19)(H,16,20). The number of nitrogens with one attached hydrogen (secondary N) is 1. The van der Waals surface area contributed by atoms with E-state index in [1.165, 1.54) is 0 Å². The minimum atomic E-state index is -1.05. The largest absolute Gasteiger partial charge is 0.369 e. The average Bonchev–Trinajstić information content (AvgIpc) is 2.72. The Labute approximate surface area is 141 Å². The van der Waals surface area contributed by atoms with Gasteiger partial charge < -0.3 is 11.1 Å². The van der Waals surface area contributed by atoms with Crippen molar-refractivity contribution in [3.63, 3.8) is 0 Å². The van der Waals surface area contributed by atoms with Gasteiger partial charge in [-0.15, -0.1) is 11.8 Å². The van der Waals surface area contributed by atoms with E-state index in [4.69, 9.17) is 5.73 Å². The number of primary amides is 1. The van der Waals surface area contributed by atoms with Gasteiger partial charge in [0, 0.05) is 11.9 Å². The molecule has 3 N–H and O–H groups in total. The Morgan fingerprint density at radius 2 is 1.83 bits per heavy atom. The van der Waals surface area contributed by atoms with Gasteiger partial charge in [-0.2, -0.15) is 0 Å². The maximum atomic E-state index is 12.1. The zero-order valence-corrected chi connectivity index (χ0v) is 13.5. The summed E-state index contributed by atoms with van der Waals surface area (Å²) >= 11 is 1.14. The summed E-state index contributed by atoms with van der Waals surface area (Å²) in [6.07, 6.45) is 0. The molecule has 1 heterocycles. The summed E-state index contributed by atoms with van der Waals surface area (Å²) in [4.78, 5) is 59.5. The molecule has 0 saturated carbocycles. The number of urea groups is 1. The number of imide groups is 2. The molecule has 1 aliphatic heterocycles. The Bertz CT molecular complexity index is 736. The third-order valence-electron chi connectivity index (χ3n) is 3.08. The van der Waals surface area contributed by atoms with Gasteiger partial charge >= 0.3 is 17.8 Å². The van der Waals surface area contributed by atoms with Crippen molar-refractivity contribution in [2.24, 2.45) is 5.73 Å². The van der Waals surface area contributed by atoms with E-state index in [-0.39, 0.29) is 5.75 Å². The first-order valence-corrected chi connectivity index (χ1v) is 7.73. The average molecular weight is 350 g/mol. The van der Waals surface area contributed by atoms with Crippen LogP contribution in [-0.2, 0) is 19.2 Å². The highest BCUT2D eigenvalue weighted by Crippen LogP contribution is 2.26. The number of hydrogen-bond donors (Lipinski definition) is 2. The fourth-order valence-electron chi connectivity index (χ4n) is 1.93. The number of rotatable bonds is 6. The minimum absolute atomic E-state index is 0.0370. The molecule has 2 rings (SSSR count). The van der Waals surface area contributed by atoms with Gasteiger partial charge in [-0.1, -0.05) is 12.1 Å². The molecule has 6 amide bonds. The number of nitrogens with two attached hydrogens (primary N) is 1. The number of para-hydroxylation sites is 1. The molecule has 1 fully saturated rings. The normalized spacial score (nSPS) is 14.3. The molecular formula is C14H14N4O5S. The first-order valence-electron chi connectivity index (χ1n) is 6.74. The van der Waals surface area contributed by atoms with Crippen molar-refractivity contribution in [2.75, 3.05) is 24.7 Å². The third kappa shape index (κ3) is 3.71. The van der Waals surface area contributed by atoms with Crippen molar-refractivity contribution in [1.82, 2.24) is 9.80 Å². The van der Waals surface area contributed by atoms with Gasteiger partial charge in [0.15, 0.2) is 0 Å². The van der Waals surface area contributed by atoms with E-state index in [1.54, 1.807) is 24.3 Å². The fourth-order valence-corrected chi connectivity index (χ4v) is 2.68. The lowest BCUT2D eigenvalue weighted by atomic mass is 10.3. The van der Waals surface area contributed by atoms with Crippen molar-refractivity contribution in [1.29, 1.82) is 0 Å². The molecular weight excluding hydrogens is 336 g/mol. The van der Waals surface area contributed by atoms with Crippen LogP contribution in [0.25, 0.3) is 0 Å². The number of anilines is 1. The molecule has 1 saturated heterocycles. The van der Waals surface area contributed by atoms with E-state index in [0.29, 0.717) is 20.4 Å². The third-order valence-corrected chi connectivity index (χ3v) is 4.18. The van der Waals surface area contributed by atoms with E-state index in [1.807, 2.05) is 0 Å². The lowest BCUT2D eigenvalue weighted by molar-refractivity contribution is -0.143. The number of carbonyl (C=O) groups is 5. The van der Waals surface area contributed by atoms with Crippen molar-refractivity contribution in [3.05, 3.63) is 24.3 Å². The summed E-state index contributed by atoms with van der Waals surface area (Å²) in [5, 5.41) is 2.54. The van der Waals surface area contributed by atoms with Gasteiger partial charge in [0.05, 0.1) is 11.4 Å². The smallest absolute Gasteiger partial charge is 0.334 e. The van der Waals surface area contributed by atoms with Gasteiger partial charge in [-0.05, 0) is 12.1 Å². The second-order valence-electron chi connectivity index (χ2n) is 4.84. The lowest BCUT2D eigenvalue weighted by Crippen LogP contribution is -2.38. The molecule has 0 atom stereocenters. The number of thioether (sulfide) groups is 1. The summed E-state index contributed by atoms with van der Waals surface area (Å²) in [6.45, 7) is -0.581. The first-order chi connectivity index (χ1) is 11.3. The maximum absolute atomic E-state index is 12.1. The van der Waals surface area contributed by atoms with Crippen molar-refractivity contribution < 1.29 is 24.0 Å². The summed E-state index contributed by atoms with van der Waals surface area (Å²) in [6, 6.07) is 5.84. The molecule has 0 radical (unpaired) electrons. The minimum Gasteiger partial charge on any atom is -0.369 e. The van der Waals surface area contributed by atoms with E-state index >= 15 is 0 Å². The number of hydrogen-bond acceptors (Lipinski definition) is 6. The first kappa shape index (κ1) is 17.5. The molecule has 1 aromatic carbocycles.